The van der Waals surface area contributed by atoms with E-state index in [2.05, 4.69) is 11.4 Å². The largest absolute Gasteiger partial charge is 0.297 e. The van der Waals surface area contributed by atoms with Crippen molar-refractivity contribution in [3.63, 3.8) is 0 Å². The lowest BCUT2D eigenvalue weighted by molar-refractivity contribution is -0.150. The van der Waals surface area contributed by atoms with E-state index in [-0.39, 0.29) is 24.4 Å². The third kappa shape index (κ3) is 3.01. The van der Waals surface area contributed by atoms with E-state index in [1.54, 1.807) is 0 Å². The normalized spacial score (nSPS) is 19.9. The second-order valence-electron chi connectivity index (χ2n) is 5.16. The summed E-state index contributed by atoms with van der Waals surface area (Å²) in [6.07, 6.45) is 0.704. The van der Waals surface area contributed by atoms with Gasteiger partial charge in [0, 0.05) is 0 Å². The number of nitrogens with one attached hydrogen (secondary N) is 1. The van der Waals surface area contributed by atoms with Gasteiger partial charge in [-0.05, 0) is 25.8 Å². The number of imide groups is 1. The molecule has 4 heteroatoms. The molecule has 2 rings (SSSR count). The zero-order chi connectivity index (χ0) is 14.0. The van der Waals surface area contributed by atoms with Gasteiger partial charge in [-0.25, -0.2) is 0 Å². The first-order chi connectivity index (χ1) is 9.01. The van der Waals surface area contributed by atoms with Crippen LogP contribution < -0.4 is 5.32 Å². The molecule has 0 bridgehead atoms. The van der Waals surface area contributed by atoms with Crippen LogP contribution in [0.25, 0.3) is 0 Å². The Kier molecular flexibility index (Phi) is 4.00. The molecule has 1 unspecified atom stereocenters. The monoisotopic (exact) mass is 260 g/mol. The molecule has 102 valence electrons. The van der Waals surface area contributed by atoms with Gasteiger partial charge in [-0.2, -0.15) is 0 Å². The molecule has 1 saturated heterocycles. The number of aryl methyl sites for hydroxylation is 2. The first kappa shape index (κ1) is 13.7. The highest BCUT2D eigenvalue weighted by Crippen LogP contribution is 2.14. The summed E-state index contributed by atoms with van der Waals surface area (Å²) in [4.78, 5) is 25.4. The average molecular weight is 260 g/mol. The van der Waals surface area contributed by atoms with Crippen LogP contribution in [0.4, 0.5) is 0 Å². The molecule has 1 heterocycles. The van der Waals surface area contributed by atoms with Gasteiger partial charge in [-0.15, -0.1) is 0 Å². The van der Waals surface area contributed by atoms with Crippen LogP contribution in [0.3, 0.4) is 0 Å². The number of carbonyl (C=O) groups excluding carboxylic acids is 2. The van der Waals surface area contributed by atoms with Crippen molar-refractivity contribution in [1.82, 2.24) is 10.2 Å². The molecule has 0 spiro atoms. The molecule has 1 aromatic rings. The molecule has 4 nitrogen and oxygen atoms in total. The van der Waals surface area contributed by atoms with Gasteiger partial charge in [-0.1, -0.05) is 36.2 Å². The molecule has 0 aromatic heterocycles. The Morgan fingerprint density at radius 1 is 1.21 bits per heavy atom. The SMILES string of the molecule is CCC1NCC(=O)N(Cc2cc(C)cc(C)c2)C1=O. The molecule has 1 aliphatic heterocycles. The van der Waals surface area contributed by atoms with Crippen LogP contribution in [-0.2, 0) is 16.1 Å². The summed E-state index contributed by atoms with van der Waals surface area (Å²) in [6, 6.07) is 5.90. The van der Waals surface area contributed by atoms with Crippen molar-refractivity contribution in [1.29, 1.82) is 0 Å². The van der Waals surface area contributed by atoms with Crippen LogP contribution in [-0.4, -0.2) is 29.3 Å². The maximum Gasteiger partial charge on any atom is 0.246 e. The number of carbonyl (C=O) groups is 2. The fraction of sp³-hybridized carbons (Fsp3) is 0.467. The van der Waals surface area contributed by atoms with Gasteiger partial charge in [0.2, 0.25) is 11.8 Å². The van der Waals surface area contributed by atoms with Crippen LogP contribution in [0, 0.1) is 13.8 Å². The molecular weight excluding hydrogens is 240 g/mol. The van der Waals surface area contributed by atoms with E-state index >= 15 is 0 Å². The van der Waals surface area contributed by atoms with Crippen LogP contribution >= 0.6 is 0 Å². The number of nitrogens with zero attached hydrogens (tertiary/aromatic N) is 1. The third-order valence-electron chi connectivity index (χ3n) is 3.40. The van der Waals surface area contributed by atoms with Gasteiger partial charge in [0.15, 0.2) is 0 Å². The number of amides is 2. The number of hydrogen-bond acceptors (Lipinski definition) is 3. The van der Waals surface area contributed by atoms with Crippen molar-refractivity contribution in [3.05, 3.63) is 34.9 Å². The van der Waals surface area contributed by atoms with Crippen molar-refractivity contribution in [2.24, 2.45) is 0 Å². The highest BCUT2D eigenvalue weighted by molar-refractivity contribution is 6.01. The number of hydrogen-bond donors (Lipinski definition) is 1. The molecule has 1 atom stereocenters. The van der Waals surface area contributed by atoms with Crippen molar-refractivity contribution < 1.29 is 9.59 Å². The Morgan fingerprint density at radius 3 is 2.42 bits per heavy atom. The predicted molar refractivity (Wildman–Crippen MR) is 73.6 cm³/mol. The van der Waals surface area contributed by atoms with E-state index in [1.165, 1.54) is 4.90 Å². The minimum absolute atomic E-state index is 0.113. The third-order valence-corrected chi connectivity index (χ3v) is 3.40. The van der Waals surface area contributed by atoms with Crippen molar-refractivity contribution in [3.8, 4) is 0 Å². The maximum atomic E-state index is 12.2. The average Bonchev–Trinajstić information content (AvgIpc) is 2.33. The van der Waals surface area contributed by atoms with Gasteiger partial charge < -0.3 is 0 Å². The maximum absolute atomic E-state index is 12.2. The highest BCUT2D eigenvalue weighted by Gasteiger charge is 2.32. The van der Waals surface area contributed by atoms with Crippen LogP contribution in [0.1, 0.15) is 30.0 Å². The van der Waals surface area contributed by atoms with E-state index in [0.717, 1.165) is 16.7 Å². The molecule has 2 amide bonds. The number of piperazine rings is 1. The fourth-order valence-electron chi connectivity index (χ4n) is 2.53. The van der Waals surface area contributed by atoms with Crippen molar-refractivity contribution in [2.45, 2.75) is 39.8 Å². The second kappa shape index (κ2) is 5.53. The van der Waals surface area contributed by atoms with Gasteiger partial charge >= 0.3 is 0 Å². The Morgan fingerprint density at radius 2 is 1.84 bits per heavy atom. The summed E-state index contributed by atoms with van der Waals surface area (Å²) in [7, 11) is 0. The molecule has 0 saturated carbocycles. The van der Waals surface area contributed by atoms with Crippen LogP contribution in [0.15, 0.2) is 18.2 Å². The van der Waals surface area contributed by atoms with Gasteiger partial charge in [0.1, 0.15) is 0 Å². The van der Waals surface area contributed by atoms with E-state index in [1.807, 2.05) is 32.9 Å². The van der Waals surface area contributed by atoms with E-state index in [0.29, 0.717) is 13.0 Å². The lowest BCUT2D eigenvalue weighted by Gasteiger charge is -2.31. The number of benzene rings is 1. The minimum atomic E-state index is -0.233. The summed E-state index contributed by atoms with van der Waals surface area (Å²) in [5, 5.41) is 2.97. The van der Waals surface area contributed by atoms with Crippen molar-refractivity contribution >= 4 is 11.8 Å². The van der Waals surface area contributed by atoms with E-state index in [4.69, 9.17) is 0 Å². The van der Waals surface area contributed by atoms with Gasteiger partial charge in [-0.3, -0.25) is 19.8 Å². The lowest BCUT2D eigenvalue weighted by Crippen LogP contribution is -2.57. The molecule has 19 heavy (non-hydrogen) atoms. The smallest absolute Gasteiger partial charge is 0.246 e. The fourth-order valence-corrected chi connectivity index (χ4v) is 2.53. The Balaban J connectivity index is 2.20. The zero-order valence-electron chi connectivity index (χ0n) is 11.7. The molecular formula is C15H20N2O2. The Bertz CT molecular complexity index is 491. The first-order valence-electron chi connectivity index (χ1n) is 6.66. The van der Waals surface area contributed by atoms with Crippen molar-refractivity contribution in [2.75, 3.05) is 6.54 Å². The van der Waals surface area contributed by atoms with Gasteiger partial charge in [0.05, 0.1) is 19.1 Å². The minimum Gasteiger partial charge on any atom is -0.297 e. The molecule has 1 N–H and O–H groups in total. The highest BCUT2D eigenvalue weighted by atomic mass is 16.2. The van der Waals surface area contributed by atoms with Gasteiger partial charge in [0.25, 0.3) is 0 Å². The Labute approximate surface area is 113 Å². The second-order valence-corrected chi connectivity index (χ2v) is 5.16. The quantitative estimate of drug-likeness (QED) is 0.839. The molecule has 0 aliphatic carbocycles. The predicted octanol–water partition coefficient (Wildman–Crippen LogP) is 1.54. The van der Waals surface area contributed by atoms with Crippen LogP contribution in [0.5, 0.6) is 0 Å². The van der Waals surface area contributed by atoms with E-state index in [9.17, 15) is 9.59 Å². The summed E-state index contributed by atoms with van der Waals surface area (Å²) in [5.41, 5.74) is 3.31. The number of rotatable bonds is 3. The Hall–Kier alpha value is -1.68. The molecule has 1 fully saturated rings. The van der Waals surface area contributed by atoms with Crippen LogP contribution in [0.2, 0.25) is 0 Å². The standard InChI is InChI=1S/C15H20N2O2/c1-4-13-15(19)17(14(18)8-16-13)9-12-6-10(2)5-11(3)7-12/h5-7,13,16H,4,8-9H2,1-3H3. The summed E-state index contributed by atoms with van der Waals surface area (Å²) in [5.74, 6) is -0.258. The van der Waals surface area contributed by atoms with E-state index < -0.39 is 0 Å². The molecule has 0 radical (unpaired) electrons. The summed E-state index contributed by atoms with van der Waals surface area (Å²) < 4.78 is 0. The lowest BCUT2D eigenvalue weighted by atomic mass is 10.1. The zero-order valence-corrected chi connectivity index (χ0v) is 11.7. The summed E-state index contributed by atoms with van der Waals surface area (Å²) >= 11 is 0. The molecule has 1 aliphatic rings. The molecule has 1 aromatic carbocycles. The first-order valence-corrected chi connectivity index (χ1v) is 6.66. The topological polar surface area (TPSA) is 49.4 Å². The summed E-state index contributed by atoms with van der Waals surface area (Å²) in [6.45, 7) is 6.60.